The van der Waals surface area contributed by atoms with Gasteiger partial charge >= 0.3 is 18.3 Å². The van der Waals surface area contributed by atoms with Gasteiger partial charge < -0.3 is 15.2 Å². The third-order valence-corrected chi connectivity index (χ3v) is 2.47. The average Bonchev–Trinajstić information content (AvgIpc) is 2.38. The van der Waals surface area contributed by atoms with E-state index in [2.05, 4.69) is 9.47 Å². The number of carbonyl (C=O) groups is 1. The quantitative estimate of drug-likeness (QED) is 0.666. The van der Waals surface area contributed by atoms with E-state index in [1.165, 1.54) is 6.92 Å². The normalized spacial score (nSPS) is 13.6. The number of rotatable bonds is 5. The summed E-state index contributed by atoms with van der Waals surface area (Å²) in [5.41, 5.74) is 4.10. The highest BCUT2D eigenvalue weighted by atomic mass is 19.4. The summed E-state index contributed by atoms with van der Waals surface area (Å²) in [5.74, 6) is -8.60. The van der Waals surface area contributed by atoms with Gasteiger partial charge in [0.1, 0.15) is 17.6 Å². The molecule has 0 aliphatic carbocycles. The molecule has 22 heavy (non-hydrogen) atoms. The van der Waals surface area contributed by atoms with Crippen LogP contribution in [-0.4, -0.2) is 24.9 Å². The maximum absolute atomic E-state index is 13.7. The van der Waals surface area contributed by atoms with Crippen molar-refractivity contribution in [2.45, 2.75) is 25.3 Å². The standard InChI is InChI=1S/C12H11F6NO3/c1-2-21-10(20)11(14,15)9(19)7-5-6(3-4-8(7)13)22-12(16,17)18/h3-5,9H,2,19H2,1H3/t9-/m0/s1. The van der Waals surface area contributed by atoms with Crippen molar-refractivity contribution in [3.63, 3.8) is 0 Å². The first-order valence-corrected chi connectivity index (χ1v) is 5.84. The molecule has 0 aliphatic heterocycles. The number of carbonyl (C=O) groups excluding carboxylic acids is 1. The van der Waals surface area contributed by atoms with Crippen molar-refractivity contribution in [2.75, 3.05) is 6.61 Å². The van der Waals surface area contributed by atoms with Crippen LogP contribution in [0, 0.1) is 5.82 Å². The average molecular weight is 331 g/mol. The summed E-state index contributed by atoms with van der Waals surface area (Å²) >= 11 is 0. The zero-order valence-electron chi connectivity index (χ0n) is 11.1. The molecule has 0 saturated carbocycles. The van der Waals surface area contributed by atoms with E-state index in [-0.39, 0.29) is 6.61 Å². The smallest absolute Gasteiger partial charge is 0.462 e. The summed E-state index contributed by atoms with van der Waals surface area (Å²) in [6, 6.07) is -1.14. The van der Waals surface area contributed by atoms with E-state index >= 15 is 0 Å². The number of esters is 1. The fourth-order valence-electron chi connectivity index (χ4n) is 1.51. The third-order valence-electron chi connectivity index (χ3n) is 2.47. The molecule has 1 atom stereocenters. The van der Waals surface area contributed by atoms with E-state index in [0.29, 0.717) is 18.2 Å². The number of halogens is 6. The molecule has 1 rings (SSSR count). The van der Waals surface area contributed by atoms with Crippen molar-refractivity contribution < 1.29 is 40.6 Å². The topological polar surface area (TPSA) is 61.5 Å². The zero-order chi connectivity index (χ0) is 17.1. The Morgan fingerprint density at radius 1 is 1.27 bits per heavy atom. The van der Waals surface area contributed by atoms with E-state index in [9.17, 15) is 31.1 Å². The lowest BCUT2D eigenvalue weighted by atomic mass is 10.0. The first-order chi connectivity index (χ1) is 9.99. The van der Waals surface area contributed by atoms with Crippen LogP contribution in [0.15, 0.2) is 18.2 Å². The van der Waals surface area contributed by atoms with Gasteiger partial charge in [0.2, 0.25) is 0 Å². The highest BCUT2D eigenvalue weighted by Gasteiger charge is 2.48. The molecule has 4 nitrogen and oxygen atoms in total. The van der Waals surface area contributed by atoms with Gasteiger partial charge in [-0.25, -0.2) is 9.18 Å². The van der Waals surface area contributed by atoms with Crippen LogP contribution in [0.2, 0.25) is 0 Å². The van der Waals surface area contributed by atoms with E-state index < -0.39 is 41.4 Å². The van der Waals surface area contributed by atoms with Gasteiger partial charge in [0.15, 0.2) is 0 Å². The Morgan fingerprint density at radius 3 is 2.36 bits per heavy atom. The van der Waals surface area contributed by atoms with Crippen LogP contribution in [0.3, 0.4) is 0 Å². The summed E-state index contributed by atoms with van der Waals surface area (Å²) in [5, 5.41) is 0. The van der Waals surface area contributed by atoms with Crippen molar-refractivity contribution in [3.8, 4) is 5.75 Å². The van der Waals surface area contributed by atoms with Crippen LogP contribution in [-0.2, 0) is 9.53 Å². The number of benzene rings is 1. The maximum atomic E-state index is 13.7. The minimum atomic E-state index is -5.09. The number of hydrogen-bond donors (Lipinski definition) is 1. The Bertz CT molecular complexity index is 546. The second-order valence-electron chi connectivity index (χ2n) is 4.05. The monoisotopic (exact) mass is 331 g/mol. The van der Waals surface area contributed by atoms with Crippen molar-refractivity contribution in [3.05, 3.63) is 29.6 Å². The van der Waals surface area contributed by atoms with Crippen LogP contribution < -0.4 is 10.5 Å². The summed E-state index contributed by atoms with van der Waals surface area (Å²) in [6.07, 6.45) is -5.09. The Balaban J connectivity index is 3.14. The van der Waals surface area contributed by atoms with Crippen LogP contribution >= 0.6 is 0 Å². The zero-order valence-corrected chi connectivity index (χ0v) is 11.1. The van der Waals surface area contributed by atoms with E-state index in [1.54, 1.807) is 0 Å². The molecule has 0 bridgehead atoms. The summed E-state index contributed by atoms with van der Waals surface area (Å²) in [7, 11) is 0. The van der Waals surface area contributed by atoms with Crippen LogP contribution in [0.5, 0.6) is 5.75 Å². The highest BCUT2D eigenvalue weighted by molar-refractivity contribution is 5.79. The highest BCUT2D eigenvalue weighted by Crippen LogP contribution is 2.34. The molecular formula is C12H11F6NO3. The molecule has 0 heterocycles. The number of hydrogen-bond acceptors (Lipinski definition) is 4. The van der Waals surface area contributed by atoms with Crippen molar-refractivity contribution >= 4 is 5.97 Å². The molecular weight excluding hydrogens is 320 g/mol. The van der Waals surface area contributed by atoms with Crippen molar-refractivity contribution in [1.82, 2.24) is 0 Å². The Hall–Kier alpha value is -1.97. The third kappa shape index (κ3) is 4.26. The largest absolute Gasteiger partial charge is 0.573 e. The van der Waals surface area contributed by atoms with Gasteiger partial charge in [0.25, 0.3) is 0 Å². The first kappa shape index (κ1) is 18.1. The first-order valence-electron chi connectivity index (χ1n) is 5.84. The predicted octanol–water partition coefficient (Wildman–Crippen LogP) is 2.92. The Labute approximate surface area is 120 Å². The number of ether oxygens (including phenoxy) is 2. The predicted molar refractivity (Wildman–Crippen MR) is 61.6 cm³/mol. The van der Waals surface area contributed by atoms with E-state index in [1.807, 2.05) is 0 Å². The molecule has 10 heteroatoms. The second kappa shape index (κ2) is 6.42. The summed E-state index contributed by atoms with van der Waals surface area (Å²) in [6.45, 7) is 0.888. The van der Waals surface area contributed by atoms with E-state index in [4.69, 9.17) is 5.73 Å². The number of nitrogens with two attached hydrogens (primary N) is 1. The summed E-state index contributed by atoms with van der Waals surface area (Å²) < 4.78 is 84.7. The van der Waals surface area contributed by atoms with E-state index in [0.717, 1.165) is 0 Å². The molecule has 124 valence electrons. The lowest BCUT2D eigenvalue weighted by Crippen LogP contribution is -2.42. The van der Waals surface area contributed by atoms with Crippen molar-refractivity contribution in [1.29, 1.82) is 0 Å². The lowest BCUT2D eigenvalue weighted by molar-refractivity contribution is -0.274. The van der Waals surface area contributed by atoms with Crippen LogP contribution in [0.1, 0.15) is 18.5 Å². The SMILES string of the molecule is CCOC(=O)C(F)(F)[C@@H](N)c1cc(OC(F)(F)F)ccc1F. The molecule has 1 aromatic rings. The minimum Gasteiger partial charge on any atom is -0.462 e. The lowest BCUT2D eigenvalue weighted by Gasteiger charge is -2.22. The van der Waals surface area contributed by atoms with Gasteiger partial charge in [0.05, 0.1) is 6.61 Å². The van der Waals surface area contributed by atoms with Gasteiger partial charge in [-0.1, -0.05) is 0 Å². The molecule has 0 radical (unpaired) electrons. The Morgan fingerprint density at radius 2 is 1.86 bits per heavy atom. The molecule has 0 unspecified atom stereocenters. The van der Waals surface area contributed by atoms with Gasteiger partial charge in [-0.15, -0.1) is 13.2 Å². The van der Waals surface area contributed by atoms with Crippen molar-refractivity contribution in [2.24, 2.45) is 5.73 Å². The molecule has 2 N–H and O–H groups in total. The molecule has 0 fully saturated rings. The molecule has 0 spiro atoms. The van der Waals surface area contributed by atoms with Crippen LogP contribution in [0.25, 0.3) is 0 Å². The summed E-state index contributed by atoms with van der Waals surface area (Å²) in [4.78, 5) is 11.1. The molecule has 0 aliphatic rings. The van der Waals surface area contributed by atoms with Gasteiger partial charge in [-0.2, -0.15) is 8.78 Å². The minimum absolute atomic E-state index is 0.348. The van der Waals surface area contributed by atoms with Gasteiger partial charge in [0, 0.05) is 5.56 Å². The molecule has 0 aromatic heterocycles. The maximum Gasteiger partial charge on any atom is 0.573 e. The second-order valence-corrected chi connectivity index (χ2v) is 4.05. The fraction of sp³-hybridized carbons (Fsp3) is 0.417. The van der Waals surface area contributed by atoms with Crippen LogP contribution in [0.4, 0.5) is 26.3 Å². The molecule has 1 aromatic carbocycles. The van der Waals surface area contributed by atoms with Gasteiger partial charge in [-0.05, 0) is 25.1 Å². The Kier molecular flexibility index (Phi) is 5.28. The molecule has 0 saturated heterocycles. The fourth-order valence-corrected chi connectivity index (χ4v) is 1.51. The van der Waals surface area contributed by atoms with Gasteiger partial charge in [-0.3, -0.25) is 0 Å². The number of alkyl halides is 5. The molecule has 0 amide bonds.